The van der Waals surface area contributed by atoms with Crippen molar-refractivity contribution in [3.05, 3.63) is 48.0 Å². The molecule has 2 atom stereocenters. The van der Waals surface area contributed by atoms with Crippen LogP contribution >= 0.6 is 0 Å². The van der Waals surface area contributed by atoms with Crippen molar-refractivity contribution in [1.29, 1.82) is 0 Å². The average Bonchev–Trinajstić information content (AvgIpc) is 2.86. The maximum absolute atomic E-state index is 13.5. The lowest BCUT2D eigenvalue weighted by atomic mass is 9.92. The molecule has 35 heavy (non-hydrogen) atoms. The van der Waals surface area contributed by atoms with Crippen molar-refractivity contribution in [2.24, 2.45) is 0 Å². The second-order valence-electron chi connectivity index (χ2n) is 9.53. The minimum absolute atomic E-state index is 0.0377. The van der Waals surface area contributed by atoms with Gasteiger partial charge in [-0.25, -0.2) is 9.69 Å². The number of nitrogens with one attached hydrogen (secondary N) is 2. The number of ether oxygens (including phenoxy) is 1. The van der Waals surface area contributed by atoms with Crippen molar-refractivity contribution in [2.75, 3.05) is 17.2 Å². The number of carbonyl (C=O) groups excluding carboxylic acids is 4. The summed E-state index contributed by atoms with van der Waals surface area (Å²) < 4.78 is 5.13. The van der Waals surface area contributed by atoms with E-state index in [2.05, 4.69) is 10.6 Å². The van der Waals surface area contributed by atoms with Gasteiger partial charge in [0, 0.05) is 24.2 Å². The Hall–Kier alpha value is -3.88. The molecule has 1 aliphatic rings. The molecule has 2 aromatic carbocycles. The fourth-order valence-corrected chi connectivity index (χ4v) is 3.97. The van der Waals surface area contributed by atoms with Gasteiger partial charge in [-0.2, -0.15) is 0 Å². The molecule has 186 valence electrons. The second-order valence-corrected chi connectivity index (χ2v) is 9.53. The molecule has 9 nitrogen and oxygen atoms in total. The van der Waals surface area contributed by atoms with Gasteiger partial charge in [-0.05, 0) is 57.9 Å². The summed E-state index contributed by atoms with van der Waals surface area (Å²) in [5.74, 6) is -2.02. The summed E-state index contributed by atoms with van der Waals surface area (Å²) >= 11 is 0. The molecule has 0 saturated carbocycles. The van der Waals surface area contributed by atoms with Gasteiger partial charge in [0.2, 0.25) is 11.8 Å². The van der Waals surface area contributed by atoms with E-state index in [1.165, 1.54) is 6.92 Å². The fraction of sp³-hybridized carbons (Fsp3) is 0.385. The van der Waals surface area contributed by atoms with Crippen molar-refractivity contribution < 1.29 is 23.9 Å². The summed E-state index contributed by atoms with van der Waals surface area (Å²) in [6.45, 7) is 8.51. The van der Waals surface area contributed by atoms with Crippen molar-refractivity contribution in [3.8, 4) is 11.1 Å². The molecule has 0 aliphatic carbocycles. The summed E-state index contributed by atoms with van der Waals surface area (Å²) in [6, 6.07) is 11.5. The van der Waals surface area contributed by atoms with Crippen LogP contribution in [0.5, 0.6) is 0 Å². The molecule has 1 heterocycles. The van der Waals surface area contributed by atoms with Crippen LogP contribution in [0.2, 0.25) is 0 Å². The van der Waals surface area contributed by atoms with E-state index >= 15 is 0 Å². The van der Waals surface area contributed by atoms with Crippen LogP contribution in [0.4, 0.5) is 16.2 Å². The van der Waals surface area contributed by atoms with Gasteiger partial charge in [-0.3, -0.25) is 14.4 Å². The first-order chi connectivity index (χ1) is 16.4. The number of nitrogens with two attached hydrogens (primary N) is 1. The molecule has 1 unspecified atom stereocenters. The predicted molar refractivity (Wildman–Crippen MR) is 134 cm³/mol. The highest BCUT2D eigenvalue weighted by atomic mass is 16.6. The normalized spacial score (nSPS) is 15.9. The highest BCUT2D eigenvalue weighted by molar-refractivity contribution is 6.22. The van der Waals surface area contributed by atoms with Crippen LogP contribution < -0.4 is 21.3 Å². The molecule has 0 saturated heterocycles. The Morgan fingerprint density at radius 1 is 1.11 bits per heavy atom. The van der Waals surface area contributed by atoms with Gasteiger partial charge < -0.3 is 21.1 Å². The number of rotatable bonds is 5. The van der Waals surface area contributed by atoms with Crippen molar-refractivity contribution in [1.82, 2.24) is 10.6 Å². The number of carbonyl (C=O) groups is 4. The number of hydrogen-bond donors (Lipinski definition) is 3. The predicted octanol–water partition coefficient (Wildman–Crippen LogP) is 3.33. The maximum Gasteiger partial charge on any atom is 0.407 e. The molecule has 4 amide bonds. The molecule has 0 radical (unpaired) electrons. The van der Waals surface area contributed by atoms with Crippen LogP contribution in [0, 0.1) is 0 Å². The lowest BCUT2D eigenvalue weighted by molar-refractivity contribution is -0.131. The quantitative estimate of drug-likeness (QED) is 0.563. The number of amides is 4. The summed E-state index contributed by atoms with van der Waals surface area (Å²) in [5.41, 5.74) is 8.64. The number of fused-ring (bicyclic) bond motifs is 3. The third kappa shape index (κ3) is 5.79. The molecule has 0 fully saturated rings. The van der Waals surface area contributed by atoms with E-state index in [1.54, 1.807) is 45.9 Å². The highest BCUT2D eigenvalue weighted by Gasteiger charge is 2.37. The molecule has 0 bridgehead atoms. The van der Waals surface area contributed by atoms with Gasteiger partial charge in [0.25, 0.3) is 5.91 Å². The number of nitrogen functional groups attached to an aromatic ring is 1. The Bertz CT molecular complexity index is 1150. The maximum atomic E-state index is 13.5. The van der Waals surface area contributed by atoms with E-state index in [4.69, 9.17) is 10.5 Å². The fourth-order valence-electron chi connectivity index (χ4n) is 3.97. The van der Waals surface area contributed by atoms with E-state index < -0.39 is 41.4 Å². The van der Waals surface area contributed by atoms with Gasteiger partial charge in [-0.15, -0.1) is 0 Å². The van der Waals surface area contributed by atoms with Crippen molar-refractivity contribution >= 4 is 35.2 Å². The van der Waals surface area contributed by atoms with E-state index in [9.17, 15) is 19.2 Å². The van der Waals surface area contributed by atoms with Crippen LogP contribution in [0.15, 0.2) is 42.5 Å². The first-order valence-corrected chi connectivity index (χ1v) is 11.5. The number of benzene rings is 2. The average molecular weight is 481 g/mol. The van der Waals surface area contributed by atoms with Gasteiger partial charge >= 0.3 is 6.09 Å². The molecule has 4 N–H and O–H groups in total. The largest absolute Gasteiger partial charge is 0.444 e. The Morgan fingerprint density at radius 3 is 2.49 bits per heavy atom. The zero-order valence-electron chi connectivity index (χ0n) is 20.7. The van der Waals surface area contributed by atoms with Crippen molar-refractivity contribution in [2.45, 2.75) is 58.6 Å². The minimum atomic E-state index is -0.990. The number of nitrogens with zero attached hydrogens (tertiary/aromatic N) is 1. The molecule has 2 aromatic rings. The van der Waals surface area contributed by atoms with E-state index in [1.807, 2.05) is 24.3 Å². The Labute approximate surface area is 205 Å². The first-order valence-electron chi connectivity index (χ1n) is 11.5. The topological polar surface area (TPSA) is 131 Å². The zero-order valence-corrected chi connectivity index (χ0v) is 20.7. The SMILES string of the molecule is CC1C(=O)N(C(=O)[C@H](C)NC(=O)CCNC(=O)OC(C)(C)C)c2cccc(N)c2-c2ccccc21. The zero-order chi connectivity index (χ0) is 25.9. The molecule has 0 spiro atoms. The van der Waals surface area contributed by atoms with Gasteiger partial charge in [0.1, 0.15) is 11.6 Å². The monoisotopic (exact) mass is 480 g/mol. The smallest absolute Gasteiger partial charge is 0.407 e. The van der Waals surface area contributed by atoms with Crippen molar-refractivity contribution in [3.63, 3.8) is 0 Å². The van der Waals surface area contributed by atoms with E-state index in [-0.39, 0.29) is 13.0 Å². The second kappa shape index (κ2) is 10.2. The number of imide groups is 1. The summed E-state index contributed by atoms with van der Waals surface area (Å²) in [5, 5.41) is 5.12. The molecule has 9 heteroatoms. The third-order valence-electron chi connectivity index (χ3n) is 5.59. The lowest BCUT2D eigenvalue weighted by Crippen LogP contribution is -2.50. The van der Waals surface area contributed by atoms with Gasteiger partial charge in [0.15, 0.2) is 0 Å². The molecule has 0 aromatic heterocycles. The van der Waals surface area contributed by atoms with E-state index in [0.717, 1.165) is 16.0 Å². The molecular formula is C26H32N4O5. The van der Waals surface area contributed by atoms with Crippen LogP contribution in [0.1, 0.15) is 52.5 Å². The lowest BCUT2D eigenvalue weighted by Gasteiger charge is -2.26. The van der Waals surface area contributed by atoms with Crippen LogP contribution in [0.25, 0.3) is 11.1 Å². The molecule has 3 rings (SSSR count). The number of anilines is 2. The standard InChI is InChI=1S/C26H32N4O5/c1-15-17-9-6-7-10-18(17)22-19(27)11-8-12-20(22)30(23(15)32)24(33)16(2)29-21(31)13-14-28-25(34)35-26(3,4)5/h6-12,15-16H,13-14,27H2,1-5H3,(H,28,34)(H,29,31)/t15?,16-/m0/s1. The summed E-state index contributed by atoms with van der Waals surface area (Å²) in [7, 11) is 0. The Balaban J connectivity index is 1.76. The highest BCUT2D eigenvalue weighted by Crippen LogP contribution is 2.44. The summed E-state index contributed by atoms with van der Waals surface area (Å²) in [6.07, 6.45) is -0.691. The Morgan fingerprint density at radius 2 is 1.80 bits per heavy atom. The first kappa shape index (κ1) is 25.7. The number of alkyl carbamates (subject to hydrolysis) is 1. The van der Waals surface area contributed by atoms with E-state index in [0.29, 0.717) is 16.9 Å². The Kier molecular flexibility index (Phi) is 7.48. The summed E-state index contributed by atoms with van der Waals surface area (Å²) in [4.78, 5) is 52.2. The molecular weight excluding hydrogens is 448 g/mol. The van der Waals surface area contributed by atoms with Crippen LogP contribution in [0.3, 0.4) is 0 Å². The van der Waals surface area contributed by atoms with Crippen LogP contribution in [-0.2, 0) is 19.1 Å². The molecule has 1 aliphatic heterocycles. The van der Waals surface area contributed by atoms with Gasteiger partial charge in [0.05, 0.1) is 11.6 Å². The van der Waals surface area contributed by atoms with Gasteiger partial charge in [-0.1, -0.05) is 30.3 Å². The minimum Gasteiger partial charge on any atom is -0.444 e. The van der Waals surface area contributed by atoms with Crippen LogP contribution in [-0.4, -0.2) is 42.0 Å². The number of hydrogen-bond acceptors (Lipinski definition) is 6. The third-order valence-corrected chi connectivity index (χ3v) is 5.59.